The lowest BCUT2D eigenvalue weighted by Gasteiger charge is -2.16. The minimum absolute atomic E-state index is 0.0835. The van der Waals surface area contributed by atoms with Gasteiger partial charge in [0.15, 0.2) is 0 Å². The van der Waals surface area contributed by atoms with Crippen molar-refractivity contribution in [2.24, 2.45) is 0 Å². The van der Waals surface area contributed by atoms with Crippen LogP contribution in [0.25, 0.3) is 0 Å². The number of esters is 1. The van der Waals surface area contributed by atoms with Crippen molar-refractivity contribution in [2.75, 3.05) is 0 Å². The van der Waals surface area contributed by atoms with Gasteiger partial charge in [-0.2, -0.15) is 0 Å². The maximum atomic E-state index is 10.8. The van der Waals surface area contributed by atoms with Crippen molar-refractivity contribution in [1.82, 2.24) is 0 Å². The Kier molecular flexibility index (Phi) is 4.28. The van der Waals surface area contributed by atoms with E-state index in [-0.39, 0.29) is 12.3 Å². The smallest absolute Gasteiger partial charge is 0.303 e. The lowest BCUT2D eigenvalue weighted by Crippen LogP contribution is -2.17. The summed E-state index contributed by atoms with van der Waals surface area (Å²) < 4.78 is 19.3. The molecular weight excluding hydrogens is 180 g/mol. The Bertz CT molecular complexity index is 294. The molecule has 0 radical (unpaired) electrons. The van der Waals surface area contributed by atoms with Gasteiger partial charge in [0, 0.05) is 13.3 Å². The Morgan fingerprint density at radius 1 is 1.43 bits per heavy atom. The van der Waals surface area contributed by atoms with Crippen LogP contribution in [0.1, 0.15) is 42.8 Å². The Morgan fingerprint density at radius 2 is 2.07 bits per heavy atom. The second-order valence-corrected chi connectivity index (χ2v) is 3.38. The molecule has 14 heavy (non-hydrogen) atoms. The first kappa shape index (κ1) is 9.44. The van der Waals surface area contributed by atoms with E-state index < -0.39 is 12.1 Å². The summed E-state index contributed by atoms with van der Waals surface area (Å²) in [5.41, 5.74) is 0.416. The molecule has 0 aliphatic rings. The zero-order chi connectivity index (χ0) is 12.7. The molecule has 3 nitrogen and oxygen atoms in total. The molecule has 80 valence electrons. The van der Waals surface area contributed by atoms with Gasteiger partial charge < -0.3 is 9.53 Å². The van der Waals surface area contributed by atoms with Gasteiger partial charge in [0.25, 0.3) is 0 Å². The largest absolute Gasteiger partial charge is 0.458 e. The fourth-order valence-corrected chi connectivity index (χ4v) is 1.10. The van der Waals surface area contributed by atoms with Crippen LogP contribution in [0, 0.1) is 0 Å². The maximum absolute atomic E-state index is 10.8. The fraction of sp³-hybridized carbons (Fsp3) is 0.636. The van der Waals surface area contributed by atoms with Gasteiger partial charge >= 0.3 is 5.97 Å². The molecule has 0 fully saturated rings. The predicted molar refractivity (Wildman–Crippen MR) is 54.9 cm³/mol. The molecule has 0 aromatic carbocycles. The van der Waals surface area contributed by atoms with Gasteiger partial charge in [-0.25, -0.2) is 0 Å². The molecule has 0 N–H and O–H groups in total. The molecule has 0 saturated carbocycles. The first-order valence-corrected chi connectivity index (χ1v) is 4.65. The molecule has 0 aliphatic heterocycles. The van der Waals surface area contributed by atoms with E-state index >= 15 is 0 Å². The second kappa shape index (κ2) is 6.35. The lowest BCUT2D eigenvalue weighted by atomic mass is 10.1. The topological polar surface area (TPSA) is 43.4 Å². The van der Waals surface area contributed by atoms with Crippen molar-refractivity contribution in [3.8, 4) is 0 Å². The predicted octanol–water partition coefficient (Wildman–Crippen LogP) is 2.25. The highest BCUT2D eigenvalue weighted by Gasteiger charge is 2.12. The Labute approximate surface area is 87.9 Å². The summed E-state index contributed by atoms with van der Waals surface area (Å²) in [7, 11) is 0. The molecule has 0 aromatic rings. The average Bonchev–Trinajstić information content (AvgIpc) is 2.13. The van der Waals surface area contributed by atoms with Crippen molar-refractivity contribution in [3.63, 3.8) is 0 Å². The van der Waals surface area contributed by atoms with Gasteiger partial charge in [0.2, 0.25) is 0 Å². The first-order valence-electron chi connectivity index (χ1n) is 5.65. The number of carbonyl (C=O) groups excluding carboxylic acids is 2. The van der Waals surface area contributed by atoms with E-state index in [1.54, 1.807) is 6.92 Å². The van der Waals surface area contributed by atoms with Gasteiger partial charge in [0.1, 0.15) is 11.9 Å². The van der Waals surface area contributed by atoms with Crippen LogP contribution in [0.5, 0.6) is 0 Å². The van der Waals surface area contributed by atoms with Crippen molar-refractivity contribution >= 4 is 11.8 Å². The molecule has 0 aliphatic carbocycles. The van der Waals surface area contributed by atoms with Crippen LogP contribution in [0.4, 0.5) is 0 Å². The van der Waals surface area contributed by atoms with E-state index in [1.165, 1.54) is 13.8 Å². The van der Waals surface area contributed by atoms with Crippen molar-refractivity contribution < 1.29 is 17.1 Å². The van der Waals surface area contributed by atoms with Crippen LogP contribution in [0.2, 0.25) is 0 Å². The molecule has 3 heteroatoms. The fourth-order valence-electron chi connectivity index (χ4n) is 1.10. The van der Waals surface area contributed by atoms with Crippen molar-refractivity contribution in [3.05, 3.63) is 12.1 Å². The van der Waals surface area contributed by atoms with Gasteiger partial charge in [-0.3, -0.25) is 4.79 Å². The molecule has 0 heterocycles. The molecule has 0 rings (SSSR count). The Balaban J connectivity index is 4.39. The minimum Gasteiger partial charge on any atom is -0.458 e. The normalized spacial score (nSPS) is 13.6. The van der Waals surface area contributed by atoms with Crippen LogP contribution < -0.4 is 0 Å². The number of carbonyl (C=O) groups is 2. The average molecular weight is 200 g/mol. The number of rotatable bonds is 6. The summed E-state index contributed by atoms with van der Waals surface area (Å²) in [5.74, 6) is -0.353. The molecule has 0 amide bonds. The van der Waals surface area contributed by atoms with Gasteiger partial charge in [-0.1, -0.05) is 6.53 Å². The van der Waals surface area contributed by atoms with Crippen LogP contribution in [0.3, 0.4) is 0 Å². The summed E-state index contributed by atoms with van der Waals surface area (Å²) >= 11 is 0. The zero-order valence-corrected chi connectivity index (χ0v) is 8.92. The van der Waals surface area contributed by atoms with Crippen molar-refractivity contribution in [2.45, 2.75) is 46.1 Å². The number of hydrogen-bond acceptors (Lipinski definition) is 3. The van der Waals surface area contributed by atoms with Crippen LogP contribution >= 0.6 is 0 Å². The second-order valence-electron chi connectivity index (χ2n) is 3.38. The monoisotopic (exact) mass is 200 g/mol. The molecule has 0 bridgehead atoms. The summed E-state index contributed by atoms with van der Waals surface area (Å²) in [6.07, 6.45) is 0.947. The SMILES string of the molecule is [2H]C([2H])=C(C)C(CCCC(C)=O)OC(C)=O. The van der Waals surface area contributed by atoms with E-state index in [4.69, 9.17) is 7.48 Å². The third-order valence-corrected chi connectivity index (χ3v) is 1.79. The standard InChI is InChI=1S/C11H18O3/c1-8(2)11(14-10(4)13)7-5-6-9(3)12/h11H,1,5-7H2,2-4H3/i1D2. The molecular formula is C11H18O3. The molecule has 0 saturated heterocycles. The maximum Gasteiger partial charge on any atom is 0.303 e. The minimum atomic E-state index is -0.554. The number of ketones is 1. The number of ether oxygens (including phenoxy) is 1. The highest BCUT2D eigenvalue weighted by atomic mass is 16.5. The van der Waals surface area contributed by atoms with E-state index in [2.05, 4.69) is 0 Å². The lowest BCUT2D eigenvalue weighted by molar-refractivity contribution is -0.144. The van der Waals surface area contributed by atoms with E-state index in [9.17, 15) is 9.59 Å². The van der Waals surface area contributed by atoms with Crippen LogP contribution in [-0.2, 0) is 14.3 Å². The Hall–Kier alpha value is -1.12. The summed E-state index contributed by atoms with van der Waals surface area (Å²) in [6.45, 7) is 4.05. The zero-order valence-electron chi connectivity index (χ0n) is 10.9. The van der Waals surface area contributed by atoms with Gasteiger partial charge in [0.05, 0.1) is 2.74 Å². The van der Waals surface area contributed by atoms with Crippen LogP contribution in [0.15, 0.2) is 12.1 Å². The summed E-state index contributed by atoms with van der Waals surface area (Å²) in [5, 5.41) is 0. The molecule has 0 spiro atoms. The van der Waals surface area contributed by atoms with Crippen LogP contribution in [-0.4, -0.2) is 17.9 Å². The summed E-state index contributed by atoms with van der Waals surface area (Å²) in [6, 6.07) is 0. The Morgan fingerprint density at radius 3 is 2.50 bits per heavy atom. The van der Waals surface area contributed by atoms with E-state index in [0.717, 1.165) is 0 Å². The highest BCUT2D eigenvalue weighted by Crippen LogP contribution is 2.12. The van der Waals surface area contributed by atoms with Crippen molar-refractivity contribution in [1.29, 1.82) is 0 Å². The molecule has 1 atom stereocenters. The molecule has 1 unspecified atom stereocenters. The van der Waals surface area contributed by atoms with Gasteiger partial charge in [-0.15, -0.1) is 0 Å². The molecule has 0 aromatic heterocycles. The summed E-state index contributed by atoms with van der Waals surface area (Å²) in [4.78, 5) is 21.6. The number of hydrogen-bond donors (Lipinski definition) is 0. The third-order valence-electron chi connectivity index (χ3n) is 1.79. The highest BCUT2D eigenvalue weighted by molar-refractivity contribution is 5.75. The van der Waals surface area contributed by atoms with E-state index in [0.29, 0.717) is 24.8 Å². The van der Waals surface area contributed by atoms with Gasteiger partial charge in [-0.05, 0) is 32.3 Å². The first-order chi connectivity index (χ1) is 7.34. The third kappa shape index (κ3) is 6.40. The van der Waals surface area contributed by atoms with E-state index in [1.807, 2.05) is 0 Å². The number of Topliss-reactive ketones (excluding diaryl/α,β-unsaturated/α-hetero) is 1. The quantitative estimate of drug-likeness (QED) is 0.488.